The summed E-state index contributed by atoms with van der Waals surface area (Å²) in [7, 11) is 0. The molecule has 0 spiro atoms. The molecule has 0 unspecified atom stereocenters. The van der Waals surface area contributed by atoms with E-state index in [0.29, 0.717) is 34.8 Å². The first-order chi connectivity index (χ1) is 12.7. The lowest BCUT2D eigenvalue weighted by molar-refractivity contribution is 0.268. The highest BCUT2D eigenvalue weighted by Crippen LogP contribution is 2.28. The van der Waals surface area contributed by atoms with Gasteiger partial charge in [0.15, 0.2) is 22.3 Å². The summed E-state index contributed by atoms with van der Waals surface area (Å²) in [5, 5.41) is 14.4. The Hall–Kier alpha value is -2.64. The number of hydrogen-bond donors (Lipinski definition) is 0. The highest BCUT2D eigenvalue weighted by Gasteiger charge is 2.14. The van der Waals surface area contributed by atoms with E-state index in [0.717, 1.165) is 16.3 Å². The van der Waals surface area contributed by atoms with Gasteiger partial charge in [0.25, 0.3) is 0 Å². The fourth-order valence-electron chi connectivity index (χ4n) is 2.51. The summed E-state index contributed by atoms with van der Waals surface area (Å²) >= 11 is 7.50. The topological polar surface area (TPSA) is 61.5 Å². The van der Waals surface area contributed by atoms with E-state index in [1.54, 1.807) is 4.52 Å². The van der Waals surface area contributed by atoms with Gasteiger partial charge in [-0.2, -0.15) is 9.61 Å². The minimum atomic E-state index is 0.326. The molecule has 0 aliphatic rings. The number of para-hydroxylation sites is 2. The lowest BCUT2D eigenvalue weighted by Gasteiger charge is -2.10. The molecule has 0 N–H and O–H groups in total. The van der Waals surface area contributed by atoms with Crippen LogP contribution in [0.15, 0.2) is 48.5 Å². The summed E-state index contributed by atoms with van der Waals surface area (Å²) in [5.74, 6) is 2.06. The van der Waals surface area contributed by atoms with E-state index < -0.39 is 0 Å². The zero-order chi connectivity index (χ0) is 17.9. The zero-order valence-corrected chi connectivity index (χ0v) is 15.5. The maximum atomic E-state index is 6.07. The Balaban J connectivity index is 1.57. The highest BCUT2D eigenvalue weighted by molar-refractivity contribution is 7.16. The number of rotatable bonds is 6. The molecule has 8 heteroatoms. The lowest BCUT2D eigenvalue weighted by atomic mass is 10.2. The summed E-state index contributed by atoms with van der Waals surface area (Å²) in [6.07, 6.45) is 0. The molecule has 0 aliphatic carbocycles. The normalized spacial score (nSPS) is 11.0. The van der Waals surface area contributed by atoms with Gasteiger partial charge in [-0.25, -0.2) is 0 Å². The molecule has 0 aliphatic heterocycles. The van der Waals surface area contributed by atoms with Crippen LogP contribution in [0.4, 0.5) is 0 Å². The van der Waals surface area contributed by atoms with Crippen molar-refractivity contribution in [2.45, 2.75) is 13.5 Å². The Bertz CT molecular complexity index is 1050. The molecule has 0 saturated heterocycles. The third-order valence-electron chi connectivity index (χ3n) is 3.62. The molecular weight excluding hydrogens is 372 g/mol. The molecule has 0 atom stereocenters. The average Bonchev–Trinajstić information content (AvgIpc) is 3.21. The Morgan fingerprint density at radius 2 is 1.85 bits per heavy atom. The molecule has 0 radical (unpaired) electrons. The van der Waals surface area contributed by atoms with Crippen molar-refractivity contribution in [3.63, 3.8) is 0 Å². The third kappa shape index (κ3) is 3.36. The van der Waals surface area contributed by atoms with Crippen molar-refractivity contribution in [2.24, 2.45) is 0 Å². The Kier molecular flexibility index (Phi) is 4.73. The van der Waals surface area contributed by atoms with E-state index in [-0.39, 0.29) is 0 Å². The van der Waals surface area contributed by atoms with E-state index >= 15 is 0 Å². The summed E-state index contributed by atoms with van der Waals surface area (Å²) in [5.41, 5.74) is 0.865. The molecule has 132 valence electrons. The van der Waals surface area contributed by atoms with E-state index in [9.17, 15) is 0 Å². The third-order valence-corrected chi connectivity index (χ3v) is 4.72. The second-order valence-electron chi connectivity index (χ2n) is 5.39. The number of hydrogen-bond acceptors (Lipinski definition) is 6. The van der Waals surface area contributed by atoms with Crippen molar-refractivity contribution >= 4 is 27.9 Å². The molecule has 6 nitrogen and oxygen atoms in total. The van der Waals surface area contributed by atoms with Crippen molar-refractivity contribution in [2.75, 3.05) is 6.61 Å². The zero-order valence-electron chi connectivity index (χ0n) is 13.9. The minimum Gasteiger partial charge on any atom is -0.490 e. The van der Waals surface area contributed by atoms with Crippen LogP contribution in [0.3, 0.4) is 0 Å². The maximum Gasteiger partial charge on any atom is 0.235 e. The van der Waals surface area contributed by atoms with Gasteiger partial charge >= 0.3 is 0 Å². The van der Waals surface area contributed by atoms with Crippen LogP contribution in [0, 0.1) is 0 Å². The van der Waals surface area contributed by atoms with Crippen LogP contribution in [0.5, 0.6) is 11.5 Å². The van der Waals surface area contributed by atoms with Gasteiger partial charge in [0.05, 0.1) is 6.61 Å². The largest absolute Gasteiger partial charge is 0.490 e. The smallest absolute Gasteiger partial charge is 0.235 e. The predicted octanol–water partition coefficient (Wildman–Crippen LogP) is 4.48. The van der Waals surface area contributed by atoms with Crippen LogP contribution in [0.25, 0.3) is 16.3 Å². The summed E-state index contributed by atoms with van der Waals surface area (Å²) in [6.45, 7) is 2.85. The Morgan fingerprint density at radius 1 is 1.04 bits per heavy atom. The number of halogens is 1. The first-order valence-electron chi connectivity index (χ1n) is 8.06. The number of benzene rings is 2. The molecule has 2 aromatic heterocycles. The van der Waals surface area contributed by atoms with Gasteiger partial charge < -0.3 is 9.47 Å². The molecule has 0 saturated carbocycles. The second kappa shape index (κ2) is 7.31. The van der Waals surface area contributed by atoms with Crippen molar-refractivity contribution in [1.29, 1.82) is 0 Å². The molecular formula is C18H15ClN4O2S. The monoisotopic (exact) mass is 386 g/mol. The SMILES string of the molecule is CCOc1ccccc1OCc1nn2c(-c3cccc(Cl)c3)nnc2s1. The molecule has 0 amide bonds. The van der Waals surface area contributed by atoms with Crippen LogP contribution in [-0.2, 0) is 6.61 Å². The summed E-state index contributed by atoms with van der Waals surface area (Å²) < 4.78 is 13.2. The van der Waals surface area contributed by atoms with Crippen molar-refractivity contribution in [1.82, 2.24) is 19.8 Å². The molecule has 0 bridgehead atoms. The van der Waals surface area contributed by atoms with E-state index in [2.05, 4.69) is 15.3 Å². The molecule has 2 aromatic carbocycles. The number of nitrogens with zero attached hydrogens (tertiary/aromatic N) is 4. The van der Waals surface area contributed by atoms with Gasteiger partial charge in [-0.1, -0.05) is 47.2 Å². The van der Waals surface area contributed by atoms with Gasteiger partial charge in [0.2, 0.25) is 4.96 Å². The van der Waals surface area contributed by atoms with Crippen LogP contribution >= 0.6 is 22.9 Å². The quantitative estimate of drug-likeness (QED) is 0.488. The molecule has 2 heterocycles. The Labute approximate surface area is 159 Å². The summed E-state index contributed by atoms with van der Waals surface area (Å²) in [4.78, 5) is 0.705. The number of ether oxygens (including phenoxy) is 2. The first kappa shape index (κ1) is 16.8. The number of fused-ring (bicyclic) bond motifs is 1. The fraction of sp³-hybridized carbons (Fsp3) is 0.167. The van der Waals surface area contributed by atoms with E-state index in [1.165, 1.54) is 11.3 Å². The average molecular weight is 387 g/mol. The van der Waals surface area contributed by atoms with Gasteiger partial charge in [-0.05, 0) is 31.2 Å². The maximum absolute atomic E-state index is 6.07. The molecule has 4 aromatic rings. The predicted molar refractivity (Wildman–Crippen MR) is 101 cm³/mol. The van der Waals surface area contributed by atoms with Crippen LogP contribution in [0.2, 0.25) is 5.02 Å². The molecule has 0 fully saturated rings. The lowest BCUT2D eigenvalue weighted by Crippen LogP contribution is -2.00. The fourth-order valence-corrected chi connectivity index (χ4v) is 3.44. The van der Waals surface area contributed by atoms with E-state index in [1.807, 2.05) is 55.5 Å². The second-order valence-corrected chi connectivity index (χ2v) is 6.87. The minimum absolute atomic E-state index is 0.326. The van der Waals surface area contributed by atoms with Crippen molar-refractivity contribution in [3.8, 4) is 22.9 Å². The van der Waals surface area contributed by atoms with Crippen LogP contribution < -0.4 is 9.47 Å². The highest BCUT2D eigenvalue weighted by atomic mass is 35.5. The van der Waals surface area contributed by atoms with Crippen LogP contribution in [-0.4, -0.2) is 26.4 Å². The van der Waals surface area contributed by atoms with Crippen molar-refractivity contribution in [3.05, 3.63) is 58.6 Å². The van der Waals surface area contributed by atoms with Crippen molar-refractivity contribution < 1.29 is 9.47 Å². The van der Waals surface area contributed by atoms with Crippen LogP contribution in [0.1, 0.15) is 11.9 Å². The number of aromatic nitrogens is 4. The molecule has 26 heavy (non-hydrogen) atoms. The van der Waals surface area contributed by atoms with Gasteiger partial charge in [0.1, 0.15) is 6.61 Å². The van der Waals surface area contributed by atoms with Gasteiger partial charge in [0, 0.05) is 10.6 Å². The van der Waals surface area contributed by atoms with E-state index in [4.69, 9.17) is 21.1 Å². The van der Waals surface area contributed by atoms with Gasteiger partial charge in [-0.15, -0.1) is 10.2 Å². The first-order valence-corrected chi connectivity index (χ1v) is 9.25. The molecule has 4 rings (SSSR count). The van der Waals surface area contributed by atoms with Gasteiger partial charge in [-0.3, -0.25) is 0 Å². The summed E-state index contributed by atoms with van der Waals surface area (Å²) in [6, 6.07) is 15.0. The standard InChI is InChI=1S/C18H15ClN4O2S/c1-2-24-14-8-3-4-9-15(14)25-11-16-22-23-17(20-21-18(23)26-16)12-6-5-7-13(19)10-12/h3-10H,2,11H2,1H3. The Morgan fingerprint density at radius 3 is 2.62 bits per heavy atom.